The second kappa shape index (κ2) is 5.32. The monoisotopic (exact) mass is 283 g/mol. The van der Waals surface area contributed by atoms with E-state index < -0.39 is 0 Å². The van der Waals surface area contributed by atoms with Crippen molar-refractivity contribution in [3.8, 4) is 0 Å². The third-order valence-electron chi connectivity index (χ3n) is 3.17. The number of nitrogen functional groups attached to an aromatic ring is 1. The lowest BCUT2D eigenvalue weighted by molar-refractivity contribution is 0.639. The molecule has 3 N–H and O–H groups in total. The molecule has 21 heavy (non-hydrogen) atoms. The standard InChI is InChI=1S/C15H14FN5/c1-9(11-6-2-3-8-18-11)19-14-13-10(16)5-4-7-12(13)20-15(17)21-14/h2-9H,1H3,(H3,17,19,20,21). The smallest absolute Gasteiger partial charge is 0.222 e. The zero-order chi connectivity index (χ0) is 14.8. The van der Waals surface area contributed by atoms with Crippen molar-refractivity contribution in [1.29, 1.82) is 0 Å². The van der Waals surface area contributed by atoms with Crippen LogP contribution >= 0.6 is 0 Å². The molecular weight excluding hydrogens is 269 g/mol. The molecule has 1 aromatic carbocycles. The Labute approximate surface area is 121 Å². The number of nitrogens with two attached hydrogens (primary N) is 1. The summed E-state index contributed by atoms with van der Waals surface area (Å²) in [5.41, 5.74) is 6.99. The summed E-state index contributed by atoms with van der Waals surface area (Å²) in [5, 5.41) is 3.48. The highest BCUT2D eigenvalue weighted by Gasteiger charge is 2.14. The minimum atomic E-state index is -0.386. The largest absolute Gasteiger partial charge is 0.368 e. The number of fused-ring (bicyclic) bond motifs is 1. The average molecular weight is 283 g/mol. The minimum Gasteiger partial charge on any atom is -0.368 e. The van der Waals surface area contributed by atoms with Crippen molar-refractivity contribution < 1.29 is 4.39 Å². The summed E-state index contributed by atoms with van der Waals surface area (Å²) in [7, 11) is 0. The van der Waals surface area contributed by atoms with Crippen molar-refractivity contribution in [2.75, 3.05) is 11.1 Å². The van der Waals surface area contributed by atoms with Gasteiger partial charge in [0.05, 0.1) is 22.6 Å². The highest BCUT2D eigenvalue weighted by molar-refractivity contribution is 5.90. The van der Waals surface area contributed by atoms with Crippen LogP contribution in [0.15, 0.2) is 42.6 Å². The van der Waals surface area contributed by atoms with Crippen molar-refractivity contribution in [3.05, 3.63) is 54.1 Å². The second-order valence-electron chi connectivity index (χ2n) is 4.69. The van der Waals surface area contributed by atoms with Crippen LogP contribution in [-0.2, 0) is 0 Å². The highest BCUT2D eigenvalue weighted by Crippen LogP contribution is 2.26. The molecule has 1 atom stereocenters. The maximum atomic E-state index is 14.1. The van der Waals surface area contributed by atoms with Gasteiger partial charge in [-0.25, -0.2) is 9.37 Å². The van der Waals surface area contributed by atoms with E-state index in [4.69, 9.17) is 5.73 Å². The molecule has 0 amide bonds. The molecule has 1 unspecified atom stereocenters. The van der Waals surface area contributed by atoms with E-state index in [9.17, 15) is 4.39 Å². The van der Waals surface area contributed by atoms with Gasteiger partial charge < -0.3 is 11.1 Å². The van der Waals surface area contributed by atoms with E-state index >= 15 is 0 Å². The molecule has 0 spiro atoms. The lowest BCUT2D eigenvalue weighted by Gasteiger charge is -2.16. The van der Waals surface area contributed by atoms with Crippen LogP contribution in [0.25, 0.3) is 10.9 Å². The Bertz CT molecular complexity index is 776. The quantitative estimate of drug-likeness (QED) is 0.773. The summed E-state index contributed by atoms with van der Waals surface area (Å²) in [6.45, 7) is 1.92. The molecule has 0 aliphatic carbocycles. The molecule has 6 heteroatoms. The summed E-state index contributed by atoms with van der Waals surface area (Å²) >= 11 is 0. The van der Waals surface area contributed by atoms with Crippen LogP contribution in [0.4, 0.5) is 16.2 Å². The van der Waals surface area contributed by atoms with Crippen LogP contribution in [0.1, 0.15) is 18.7 Å². The summed E-state index contributed by atoms with van der Waals surface area (Å²) in [6.07, 6.45) is 1.71. The first-order valence-corrected chi connectivity index (χ1v) is 6.54. The third kappa shape index (κ3) is 2.60. The number of halogens is 1. The van der Waals surface area contributed by atoms with E-state index in [1.165, 1.54) is 6.07 Å². The fourth-order valence-electron chi connectivity index (χ4n) is 2.17. The van der Waals surface area contributed by atoms with Gasteiger partial charge in [-0.2, -0.15) is 4.98 Å². The molecular formula is C15H14FN5. The molecule has 0 radical (unpaired) electrons. The van der Waals surface area contributed by atoms with Gasteiger partial charge in [-0.1, -0.05) is 12.1 Å². The maximum Gasteiger partial charge on any atom is 0.222 e. The molecule has 3 aromatic rings. The van der Waals surface area contributed by atoms with Crippen molar-refractivity contribution >= 4 is 22.7 Å². The van der Waals surface area contributed by atoms with Crippen LogP contribution in [0.5, 0.6) is 0 Å². The zero-order valence-corrected chi connectivity index (χ0v) is 11.4. The number of hydrogen-bond donors (Lipinski definition) is 2. The lowest BCUT2D eigenvalue weighted by atomic mass is 10.2. The first-order valence-electron chi connectivity index (χ1n) is 6.54. The summed E-state index contributed by atoms with van der Waals surface area (Å²) < 4.78 is 14.1. The Morgan fingerprint density at radius 3 is 2.76 bits per heavy atom. The van der Waals surface area contributed by atoms with E-state index in [1.54, 1.807) is 18.3 Å². The second-order valence-corrected chi connectivity index (χ2v) is 4.69. The van der Waals surface area contributed by atoms with E-state index in [2.05, 4.69) is 20.3 Å². The molecule has 0 aliphatic rings. The fraction of sp³-hybridized carbons (Fsp3) is 0.133. The number of nitrogens with one attached hydrogen (secondary N) is 1. The van der Waals surface area contributed by atoms with Crippen molar-refractivity contribution in [2.45, 2.75) is 13.0 Å². The molecule has 0 saturated carbocycles. The highest BCUT2D eigenvalue weighted by atomic mass is 19.1. The Balaban J connectivity index is 2.04. The topological polar surface area (TPSA) is 76.7 Å². The van der Waals surface area contributed by atoms with Crippen molar-refractivity contribution in [2.24, 2.45) is 0 Å². The molecule has 5 nitrogen and oxygen atoms in total. The van der Waals surface area contributed by atoms with Gasteiger partial charge in [-0.3, -0.25) is 4.98 Å². The van der Waals surface area contributed by atoms with Crippen LogP contribution < -0.4 is 11.1 Å². The number of pyridine rings is 1. The Kier molecular flexibility index (Phi) is 3.35. The van der Waals surface area contributed by atoms with Gasteiger partial charge in [0.1, 0.15) is 11.6 Å². The number of nitrogens with zero attached hydrogens (tertiary/aromatic N) is 3. The van der Waals surface area contributed by atoms with Crippen LogP contribution in [0, 0.1) is 5.82 Å². The van der Waals surface area contributed by atoms with Crippen LogP contribution in [0.3, 0.4) is 0 Å². The SMILES string of the molecule is CC(Nc1nc(N)nc2cccc(F)c12)c1ccccn1. The van der Waals surface area contributed by atoms with Gasteiger partial charge in [-0.05, 0) is 31.2 Å². The average Bonchev–Trinajstić information content (AvgIpc) is 2.47. The van der Waals surface area contributed by atoms with Crippen molar-refractivity contribution in [3.63, 3.8) is 0 Å². The molecule has 3 rings (SSSR count). The molecule has 0 saturated heterocycles. The van der Waals surface area contributed by atoms with Gasteiger partial charge in [0, 0.05) is 6.20 Å². The fourth-order valence-corrected chi connectivity index (χ4v) is 2.17. The van der Waals surface area contributed by atoms with Gasteiger partial charge in [-0.15, -0.1) is 0 Å². The summed E-state index contributed by atoms with van der Waals surface area (Å²) in [6, 6.07) is 10.2. The predicted octanol–water partition coefficient (Wildman–Crippen LogP) is 2.92. The predicted molar refractivity (Wildman–Crippen MR) is 80.2 cm³/mol. The number of benzene rings is 1. The zero-order valence-electron chi connectivity index (χ0n) is 11.4. The lowest BCUT2D eigenvalue weighted by Crippen LogP contribution is -2.11. The number of hydrogen-bond acceptors (Lipinski definition) is 5. The number of anilines is 2. The molecule has 2 heterocycles. The molecule has 0 bridgehead atoms. The summed E-state index contributed by atoms with van der Waals surface area (Å²) in [5.74, 6) is 0.0841. The molecule has 2 aromatic heterocycles. The number of aromatic nitrogens is 3. The Morgan fingerprint density at radius 2 is 2.00 bits per heavy atom. The molecule has 0 aliphatic heterocycles. The van der Waals surface area contributed by atoms with Crippen LogP contribution in [0.2, 0.25) is 0 Å². The molecule has 106 valence electrons. The first-order chi connectivity index (χ1) is 10.1. The van der Waals surface area contributed by atoms with Gasteiger partial charge >= 0.3 is 0 Å². The van der Waals surface area contributed by atoms with E-state index in [-0.39, 0.29) is 17.8 Å². The maximum absolute atomic E-state index is 14.1. The van der Waals surface area contributed by atoms with Crippen molar-refractivity contribution in [1.82, 2.24) is 15.0 Å². The first kappa shape index (κ1) is 13.2. The number of rotatable bonds is 3. The van der Waals surface area contributed by atoms with E-state index in [0.717, 1.165) is 5.69 Å². The van der Waals surface area contributed by atoms with Gasteiger partial charge in [0.2, 0.25) is 5.95 Å². The molecule has 0 fully saturated rings. The summed E-state index contributed by atoms with van der Waals surface area (Å²) in [4.78, 5) is 12.4. The van der Waals surface area contributed by atoms with E-state index in [1.807, 2.05) is 25.1 Å². The normalized spacial score (nSPS) is 12.3. The Hall–Kier alpha value is -2.76. The van der Waals surface area contributed by atoms with Gasteiger partial charge in [0.25, 0.3) is 0 Å². The van der Waals surface area contributed by atoms with Gasteiger partial charge in [0.15, 0.2) is 0 Å². The van der Waals surface area contributed by atoms with E-state index in [0.29, 0.717) is 16.7 Å². The minimum absolute atomic E-state index is 0.101. The Morgan fingerprint density at radius 1 is 1.14 bits per heavy atom. The third-order valence-corrected chi connectivity index (χ3v) is 3.17. The van der Waals surface area contributed by atoms with Crippen LogP contribution in [-0.4, -0.2) is 15.0 Å².